The molecule has 0 unspecified atom stereocenters. The maximum Gasteiger partial charge on any atom is -0.00137 e. The van der Waals surface area contributed by atoms with Gasteiger partial charge in [-0.3, -0.25) is 0 Å². The highest BCUT2D eigenvalue weighted by atomic mass is 14.3. The van der Waals surface area contributed by atoms with Crippen molar-refractivity contribution in [2.45, 2.75) is 71.1 Å². The molecule has 154 valence electrons. The lowest BCUT2D eigenvalue weighted by molar-refractivity contribution is 0.355. The highest BCUT2D eigenvalue weighted by Crippen LogP contribution is 2.41. The van der Waals surface area contributed by atoms with Crippen LogP contribution >= 0.6 is 0 Å². The van der Waals surface area contributed by atoms with Gasteiger partial charge in [0.15, 0.2) is 0 Å². The molecule has 4 aliphatic rings. The van der Waals surface area contributed by atoms with E-state index in [9.17, 15) is 0 Å². The standard InChI is InChI=1S/C30H34/c1-21-15-24(17-23-9-4-3-5-10-23)18-30(21)22(2)16-27-13-8-14-29(27)28-19-25-11-6-7-12-26(25)20-28/h6-7,11-14,18-19,23H,2-5,8-10,15-17,20H2,1H3. The number of hydrogen-bond donors (Lipinski definition) is 0. The van der Waals surface area contributed by atoms with Crippen LogP contribution in [0.4, 0.5) is 0 Å². The second-order valence-corrected chi connectivity index (χ2v) is 9.79. The number of benzene rings is 1. The molecule has 0 aliphatic heterocycles. The maximum atomic E-state index is 4.54. The van der Waals surface area contributed by atoms with E-state index in [0.717, 1.165) is 25.2 Å². The van der Waals surface area contributed by atoms with E-state index < -0.39 is 0 Å². The molecule has 0 heterocycles. The zero-order valence-electron chi connectivity index (χ0n) is 18.5. The van der Waals surface area contributed by atoms with Gasteiger partial charge in [-0.05, 0) is 83.9 Å². The van der Waals surface area contributed by atoms with Gasteiger partial charge in [-0.1, -0.05) is 98.4 Å². The van der Waals surface area contributed by atoms with Gasteiger partial charge in [0.05, 0.1) is 0 Å². The molecule has 1 fully saturated rings. The molecule has 1 aromatic rings. The summed E-state index contributed by atoms with van der Waals surface area (Å²) in [6.45, 7) is 6.86. The Labute approximate surface area is 182 Å². The van der Waals surface area contributed by atoms with Crippen LogP contribution in [0.5, 0.6) is 0 Å². The van der Waals surface area contributed by atoms with Crippen molar-refractivity contribution in [1.29, 1.82) is 0 Å². The summed E-state index contributed by atoms with van der Waals surface area (Å²) in [5.41, 5.74) is 13.2. The zero-order chi connectivity index (χ0) is 20.5. The molecule has 0 bridgehead atoms. The van der Waals surface area contributed by atoms with Gasteiger partial charge in [-0.25, -0.2) is 0 Å². The fourth-order valence-corrected chi connectivity index (χ4v) is 5.95. The van der Waals surface area contributed by atoms with Crippen LogP contribution < -0.4 is 0 Å². The number of hydrogen-bond acceptors (Lipinski definition) is 0. The van der Waals surface area contributed by atoms with Crippen LogP contribution in [0.3, 0.4) is 0 Å². The molecule has 0 radical (unpaired) electrons. The quantitative estimate of drug-likeness (QED) is 0.454. The molecule has 0 saturated heterocycles. The average Bonchev–Trinajstić information content (AvgIpc) is 3.46. The van der Waals surface area contributed by atoms with Gasteiger partial charge < -0.3 is 0 Å². The minimum Gasteiger partial charge on any atom is -0.0949 e. The van der Waals surface area contributed by atoms with Gasteiger partial charge in [0.1, 0.15) is 0 Å². The zero-order valence-corrected chi connectivity index (χ0v) is 18.5. The van der Waals surface area contributed by atoms with Crippen LogP contribution in [0.15, 0.2) is 88.1 Å². The van der Waals surface area contributed by atoms with Crippen molar-refractivity contribution in [2.75, 3.05) is 0 Å². The fourth-order valence-electron chi connectivity index (χ4n) is 5.95. The predicted molar refractivity (Wildman–Crippen MR) is 129 cm³/mol. The van der Waals surface area contributed by atoms with E-state index in [1.807, 2.05) is 0 Å². The van der Waals surface area contributed by atoms with Gasteiger partial charge in [0.2, 0.25) is 0 Å². The molecule has 1 aromatic carbocycles. The molecule has 0 atom stereocenters. The Bertz CT molecular complexity index is 1010. The highest BCUT2D eigenvalue weighted by Gasteiger charge is 2.23. The maximum absolute atomic E-state index is 4.54. The van der Waals surface area contributed by atoms with Gasteiger partial charge in [-0.15, -0.1) is 0 Å². The van der Waals surface area contributed by atoms with E-state index in [0.29, 0.717) is 0 Å². The Hall–Kier alpha value is -2.34. The summed E-state index contributed by atoms with van der Waals surface area (Å²) in [7, 11) is 0. The second-order valence-electron chi connectivity index (χ2n) is 9.79. The molecule has 0 heteroatoms. The minimum absolute atomic E-state index is 0.924. The molecule has 0 amide bonds. The Morgan fingerprint density at radius 1 is 1.00 bits per heavy atom. The van der Waals surface area contributed by atoms with Gasteiger partial charge >= 0.3 is 0 Å². The third-order valence-corrected chi connectivity index (χ3v) is 7.50. The first kappa shape index (κ1) is 19.6. The van der Waals surface area contributed by atoms with Gasteiger partial charge in [-0.2, -0.15) is 0 Å². The normalized spacial score (nSPS) is 21.4. The third-order valence-electron chi connectivity index (χ3n) is 7.50. The van der Waals surface area contributed by atoms with Crippen molar-refractivity contribution >= 4 is 6.08 Å². The van der Waals surface area contributed by atoms with Crippen molar-refractivity contribution in [3.8, 4) is 0 Å². The summed E-state index contributed by atoms with van der Waals surface area (Å²) in [5, 5.41) is 0. The lowest BCUT2D eigenvalue weighted by Gasteiger charge is -2.22. The third kappa shape index (κ3) is 3.97. The van der Waals surface area contributed by atoms with Crippen molar-refractivity contribution in [2.24, 2.45) is 5.92 Å². The van der Waals surface area contributed by atoms with E-state index in [2.05, 4.69) is 62.1 Å². The topological polar surface area (TPSA) is 0 Å². The lowest BCUT2D eigenvalue weighted by atomic mass is 9.84. The van der Waals surface area contributed by atoms with E-state index in [4.69, 9.17) is 0 Å². The van der Waals surface area contributed by atoms with Crippen LogP contribution in [-0.2, 0) is 6.42 Å². The van der Waals surface area contributed by atoms with Crippen LogP contribution in [0.1, 0.15) is 75.8 Å². The SMILES string of the molecule is C=C(CC1=CCC=C1C1=Cc2ccccc2C1)C1=C(C)CC(CC2CCCCC2)=C1. The van der Waals surface area contributed by atoms with Crippen LogP contribution in [0.25, 0.3) is 6.08 Å². The Kier molecular flexibility index (Phi) is 5.50. The number of rotatable bonds is 6. The van der Waals surface area contributed by atoms with E-state index in [1.165, 1.54) is 89.5 Å². The summed E-state index contributed by atoms with van der Waals surface area (Å²) in [6, 6.07) is 8.81. The predicted octanol–water partition coefficient (Wildman–Crippen LogP) is 8.45. The van der Waals surface area contributed by atoms with Crippen molar-refractivity contribution in [1.82, 2.24) is 0 Å². The van der Waals surface area contributed by atoms with Crippen LogP contribution in [-0.4, -0.2) is 0 Å². The first-order valence-corrected chi connectivity index (χ1v) is 11.9. The summed E-state index contributed by atoms with van der Waals surface area (Å²) in [5.74, 6) is 0.924. The smallest absolute Gasteiger partial charge is 0.00137 e. The number of fused-ring (bicyclic) bond motifs is 1. The van der Waals surface area contributed by atoms with E-state index in [-0.39, 0.29) is 0 Å². The van der Waals surface area contributed by atoms with Crippen molar-refractivity contribution in [3.63, 3.8) is 0 Å². The summed E-state index contributed by atoms with van der Waals surface area (Å²) in [4.78, 5) is 0. The molecule has 5 rings (SSSR count). The summed E-state index contributed by atoms with van der Waals surface area (Å²) < 4.78 is 0. The minimum atomic E-state index is 0.924. The van der Waals surface area contributed by atoms with E-state index >= 15 is 0 Å². The largest absolute Gasteiger partial charge is 0.0949 e. The monoisotopic (exact) mass is 394 g/mol. The van der Waals surface area contributed by atoms with Gasteiger partial charge in [0.25, 0.3) is 0 Å². The molecule has 4 aliphatic carbocycles. The molecular formula is C30H34. The molecule has 1 saturated carbocycles. The van der Waals surface area contributed by atoms with Crippen LogP contribution in [0.2, 0.25) is 0 Å². The molecule has 0 N–H and O–H groups in total. The van der Waals surface area contributed by atoms with Gasteiger partial charge in [0, 0.05) is 0 Å². The molecule has 30 heavy (non-hydrogen) atoms. The fraction of sp³-hybridized carbons (Fsp3) is 0.400. The summed E-state index contributed by atoms with van der Waals surface area (Å²) in [6.07, 6.45) is 22.5. The molecular weight excluding hydrogens is 360 g/mol. The average molecular weight is 395 g/mol. The van der Waals surface area contributed by atoms with E-state index in [1.54, 1.807) is 5.57 Å². The second kappa shape index (κ2) is 8.42. The Balaban J connectivity index is 1.25. The Morgan fingerprint density at radius 2 is 1.83 bits per heavy atom. The molecule has 0 aromatic heterocycles. The van der Waals surface area contributed by atoms with Crippen molar-refractivity contribution < 1.29 is 0 Å². The first-order chi connectivity index (χ1) is 14.7. The van der Waals surface area contributed by atoms with Crippen LogP contribution in [0, 0.1) is 5.92 Å². The Morgan fingerprint density at radius 3 is 2.67 bits per heavy atom. The summed E-state index contributed by atoms with van der Waals surface area (Å²) >= 11 is 0. The molecule has 0 nitrogen and oxygen atoms in total. The van der Waals surface area contributed by atoms with Crippen molar-refractivity contribution in [3.05, 3.63) is 99.2 Å². The molecule has 0 spiro atoms. The highest BCUT2D eigenvalue weighted by molar-refractivity contribution is 5.72. The lowest BCUT2D eigenvalue weighted by Crippen LogP contribution is -2.06. The first-order valence-electron chi connectivity index (χ1n) is 11.9. The number of allylic oxidation sites excluding steroid dienone is 10.